The Labute approximate surface area is 118 Å². The van der Waals surface area contributed by atoms with E-state index in [9.17, 15) is 9.18 Å². The second-order valence-electron chi connectivity index (χ2n) is 4.22. The lowest BCUT2D eigenvalue weighted by Crippen LogP contribution is -2.39. The van der Waals surface area contributed by atoms with E-state index in [1.807, 2.05) is 5.43 Å². The van der Waals surface area contributed by atoms with Crippen molar-refractivity contribution in [3.05, 3.63) is 28.5 Å². The van der Waals surface area contributed by atoms with Gasteiger partial charge >= 0.3 is 0 Å². The van der Waals surface area contributed by atoms with Gasteiger partial charge in [0.05, 0.1) is 6.10 Å². The van der Waals surface area contributed by atoms with E-state index in [0.717, 1.165) is 0 Å². The van der Waals surface area contributed by atoms with Crippen molar-refractivity contribution in [2.24, 2.45) is 5.84 Å². The number of benzene rings is 1. The number of rotatable bonds is 4. The fraction of sp³-hybridized carbons (Fsp3) is 0.417. The van der Waals surface area contributed by atoms with Gasteiger partial charge in [0.2, 0.25) is 0 Å². The third kappa shape index (κ3) is 3.65. The molecule has 2 rings (SSSR count). The maximum atomic E-state index is 13.5. The highest BCUT2D eigenvalue weighted by Crippen LogP contribution is 2.24. The van der Waals surface area contributed by atoms with Crippen LogP contribution in [0.5, 0.6) is 5.75 Å². The number of carbonyl (C=O) groups excluding carboxylic acids is 1. The van der Waals surface area contributed by atoms with Gasteiger partial charge in [-0.3, -0.25) is 10.2 Å². The van der Waals surface area contributed by atoms with Crippen LogP contribution < -0.4 is 16.0 Å². The molecule has 1 saturated heterocycles. The predicted molar refractivity (Wildman–Crippen MR) is 69.8 cm³/mol. The summed E-state index contributed by atoms with van der Waals surface area (Å²) in [5.74, 6) is 4.41. The third-order valence-electron chi connectivity index (χ3n) is 2.86. The molecule has 0 saturated carbocycles. The van der Waals surface area contributed by atoms with E-state index < -0.39 is 11.9 Å². The quantitative estimate of drug-likeness (QED) is 0.498. The second kappa shape index (κ2) is 6.31. The smallest absolute Gasteiger partial charge is 0.263 e. The van der Waals surface area contributed by atoms with Gasteiger partial charge in [0, 0.05) is 4.47 Å². The van der Waals surface area contributed by atoms with E-state index >= 15 is 0 Å². The standard InChI is InChI=1S/C12H14BrFN2O3/c13-7-1-3-10(9(14)5-7)18-6-8-2-4-11(19-8)12(17)16-15/h1,3,5,8,11H,2,4,6,15H2,(H,16,17). The molecule has 3 N–H and O–H groups in total. The Morgan fingerprint density at radius 1 is 1.58 bits per heavy atom. The summed E-state index contributed by atoms with van der Waals surface area (Å²) in [4.78, 5) is 11.3. The van der Waals surface area contributed by atoms with E-state index in [-0.39, 0.29) is 24.4 Å². The summed E-state index contributed by atoms with van der Waals surface area (Å²) >= 11 is 3.17. The molecule has 5 nitrogen and oxygen atoms in total. The molecular formula is C12H14BrFN2O3. The van der Waals surface area contributed by atoms with Gasteiger partial charge in [-0.25, -0.2) is 10.2 Å². The van der Waals surface area contributed by atoms with E-state index in [1.165, 1.54) is 6.07 Å². The summed E-state index contributed by atoms with van der Waals surface area (Å²) in [7, 11) is 0. The number of amides is 1. The number of carbonyl (C=O) groups is 1. The topological polar surface area (TPSA) is 73.6 Å². The van der Waals surface area contributed by atoms with Crippen molar-refractivity contribution in [1.82, 2.24) is 5.43 Å². The van der Waals surface area contributed by atoms with Crippen molar-refractivity contribution in [1.29, 1.82) is 0 Å². The van der Waals surface area contributed by atoms with Crippen LogP contribution in [0, 0.1) is 5.82 Å². The van der Waals surface area contributed by atoms with Crippen molar-refractivity contribution < 1.29 is 18.7 Å². The van der Waals surface area contributed by atoms with Gasteiger partial charge in [0.15, 0.2) is 11.6 Å². The summed E-state index contributed by atoms with van der Waals surface area (Å²) in [6.45, 7) is 0.201. The summed E-state index contributed by atoms with van der Waals surface area (Å²) in [5.41, 5.74) is 2.05. The highest BCUT2D eigenvalue weighted by molar-refractivity contribution is 9.10. The zero-order chi connectivity index (χ0) is 13.8. The number of hydrogen-bond donors (Lipinski definition) is 2. The van der Waals surface area contributed by atoms with Crippen LogP contribution in [0.1, 0.15) is 12.8 Å². The minimum absolute atomic E-state index is 0.165. The van der Waals surface area contributed by atoms with Gasteiger partial charge < -0.3 is 9.47 Å². The zero-order valence-electron chi connectivity index (χ0n) is 10.1. The molecule has 7 heteroatoms. The normalized spacial score (nSPS) is 22.3. The molecule has 2 unspecified atom stereocenters. The number of hydrazine groups is 1. The minimum atomic E-state index is -0.548. The van der Waals surface area contributed by atoms with Gasteiger partial charge in [-0.05, 0) is 31.0 Å². The second-order valence-corrected chi connectivity index (χ2v) is 5.13. The molecule has 1 aliphatic heterocycles. The first-order valence-corrected chi connectivity index (χ1v) is 6.63. The number of nitrogens with one attached hydrogen (secondary N) is 1. The molecule has 19 heavy (non-hydrogen) atoms. The predicted octanol–water partition coefficient (Wildman–Crippen LogP) is 1.50. The van der Waals surface area contributed by atoms with Gasteiger partial charge in [-0.1, -0.05) is 15.9 Å². The van der Waals surface area contributed by atoms with Crippen molar-refractivity contribution in [2.45, 2.75) is 25.0 Å². The van der Waals surface area contributed by atoms with Gasteiger partial charge in [0.1, 0.15) is 12.7 Å². The molecule has 0 spiro atoms. The molecule has 0 bridgehead atoms. The number of nitrogens with two attached hydrogens (primary N) is 1. The third-order valence-corrected chi connectivity index (χ3v) is 3.35. The highest BCUT2D eigenvalue weighted by atomic mass is 79.9. The number of hydrogen-bond acceptors (Lipinski definition) is 4. The van der Waals surface area contributed by atoms with Crippen molar-refractivity contribution in [3.63, 3.8) is 0 Å². The number of halogens is 2. The van der Waals surface area contributed by atoms with Crippen LogP contribution in [0.15, 0.2) is 22.7 Å². The van der Waals surface area contributed by atoms with Crippen molar-refractivity contribution in [2.75, 3.05) is 6.61 Å². The van der Waals surface area contributed by atoms with E-state index in [0.29, 0.717) is 17.3 Å². The molecule has 104 valence electrons. The summed E-state index contributed by atoms with van der Waals surface area (Å²) in [5, 5.41) is 0. The van der Waals surface area contributed by atoms with E-state index in [2.05, 4.69) is 15.9 Å². The first kappa shape index (κ1) is 14.2. The minimum Gasteiger partial charge on any atom is -0.488 e. The largest absolute Gasteiger partial charge is 0.488 e. The van der Waals surface area contributed by atoms with Gasteiger partial charge in [-0.15, -0.1) is 0 Å². The van der Waals surface area contributed by atoms with Crippen molar-refractivity contribution >= 4 is 21.8 Å². The first-order valence-electron chi connectivity index (χ1n) is 5.84. The molecule has 1 aromatic carbocycles. The Balaban J connectivity index is 1.85. The zero-order valence-corrected chi connectivity index (χ0v) is 11.7. The average Bonchev–Trinajstić information content (AvgIpc) is 2.85. The molecule has 2 atom stereocenters. The monoisotopic (exact) mass is 332 g/mol. The van der Waals surface area contributed by atoms with Gasteiger partial charge in [0.25, 0.3) is 5.91 Å². The highest BCUT2D eigenvalue weighted by Gasteiger charge is 2.30. The SMILES string of the molecule is NNC(=O)C1CCC(COc2ccc(Br)cc2F)O1. The van der Waals surface area contributed by atoms with Crippen LogP contribution in [0.25, 0.3) is 0 Å². The molecule has 0 aromatic heterocycles. The summed E-state index contributed by atoms with van der Waals surface area (Å²) in [6, 6.07) is 4.56. The summed E-state index contributed by atoms with van der Waals surface area (Å²) in [6.07, 6.45) is 0.481. The maximum absolute atomic E-state index is 13.5. The summed E-state index contributed by atoms with van der Waals surface area (Å²) < 4.78 is 25.0. The molecular weight excluding hydrogens is 319 g/mol. The van der Waals surface area contributed by atoms with Crippen molar-refractivity contribution in [3.8, 4) is 5.75 Å². The Morgan fingerprint density at radius 3 is 3.05 bits per heavy atom. The Bertz CT molecular complexity index is 472. The van der Waals surface area contributed by atoms with Gasteiger partial charge in [-0.2, -0.15) is 0 Å². The Morgan fingerprint density at radius 2 is 2.37 bits per heavy atom. The average molecular weight is 333 g/mol. The molecule has 0 radical (unpaired) electrons. The molecule has 1 amide bonds. The van der Waals surface area contributed by atoms with Crippen LogP contribution in [-0.4, -0.2) is 24.7 Å². The molecule has 1 aliphatic rings. The van der Waals surface area contributed by atoms with Crippen LogP contribution in [0.3, 0.4) is 0 Å². The molecule has 1 aromatic rings. The lowest BCUT2D eigenvalue weighted by atomic mass is 10.2. The lowest BCUT2D eigenvalue weighted by molar-refractivity contribution is -0.132. The maximum Gasteiger partial charge on any atom is 0.263 e. The van der Waals surface area contributed by atoms with Crippen LogP contribution in [0.2, 0.25) is 0 Å². The van der Waals surface area contributed by atoms with Crippen LogP contribution in [-0.2, 0) is 9.53 Å². The number of ether oxygens (including phenoxy) is 2. The Hall–Kier alpha value is -1.18. The van der Waals surface area contributed by atoms with Crippen LogP contribution >= 0.6 is 15.9 Å². The van der Waals surface area contributed by atoms with E-state index in [4.69, 9.17) is 15.3 Å². The fourth-order valence-electron chi connectivity index (χ4n) is 1.89. The first-order chi connectivity index (χ1) is 9.10. The lowest BCUT2D eigenvalue weighted by Gasteiger charge is -2.14. The molecule has 0 aliphatic carbocycles. The van der Waals surface area contributed by atoms with Crippen LogP contribution in [0.4, 0.5) is 4.39 Å². The van der Waals surface area contributed by atoms with E-state index in [1.54, 1.807) is 12.1 Å². The molecule has 1 fully saturated rings. The Kier molecular flexibility index (Phi) is 4.73. The fourth-order valence-corrected chi connectivity index (χ4v) is 2.22. The molecule has 1 heterocycles.